The molecule has 38 heavy (non-hydrogen) atoms. The highest BCUT2D eigenvalue weighted by atomic mass is 32.2. The molecule has 0 bridgehead atoms. The molecule has 0 unspecified atom stereocenters. The fourth-order valence-electron chi connectivity index (χ4n) is 3.89. The topological polar surface area (TPSA) is 72.4 Å². The minimum absolute atomic E-state index is 0.0265. The van der Waals surface area contributed by atoms with Crippen LogP contribution in [0.4, 0.5) is 18.9 Å². The number of anilines is 1. The van der Waals surface area contributed by atoms with Gasteiger partial charge in [-0.15, -0.1) is 11.8 Å². The van der Waals surface area contributed by atoms with Crippen molar-refractivity contribution in [1.82, 2.24) is 9.88 Å². The molecule has 1 aromatic heterocycles. The highest BCUT2D eigenvalue weighted by Gasteiger charge is 2.30. The fraction of sp³-hybridized carbons (Fsp3) is 0.214. The van der Waals surface area contributed by atoms with E-state index in [1.807, 2.05) is 42.0 Å². The number of alkyl halides is 3. The van der Waals surface area contributed by atoms with Gasteiger partial charge in [-0.05, 0) is 55.5 Å². The highest BCUT2D eigenvalue weighted by Crippen LogP contribution is 2.32. The number of carbonyl (C=O) groups excluding carboxylic acids is 2. The zero-order valence-electron chi connectivity index (χ0n) is 20.5. The molecule has 0 aliphatic rings. The highest BCUT2D eigenvalue weighted by molar-refractivity contribution is 8.00. The van der Waals surface area contributed by atoms with Crippen LogP contribution < -0.4 is 15.4 Å². The first-order valence-corrected chi connectivity index (χ1v) is 12.9. The van der Waals surface area contributed by atoms with Crippen molar-refractivity contribution in [2.45, 2.75) is 24.5 Å². The number of para-hydroxylation sites is 1. The van der Waals surface area contributed by atoms with Crippen molar-refractivity contribution < 1.29 is 27.5 Å². The molecular weight excluding hydrogens is 515 g/mol. The average molecular weight is 542 g/mol. The van der Waals surface area contributed by atoms with Gasteiger partial charge < -0.3 is 19.9 Å². The summed E-state index contributed by atoms with van der Waals surface area (Å²) < 4.78 is 46.2. The lowest BCUT2D eigenvalue weighted by molar-refractivity contribution is -0.137. The summed E-state index contributed by atoms with van der Waals surface area (Å²) >= 11 is 1.30. The molecule has 0 atom stereocenters. The lowest BCUT2D eigenvalue weighted by Gasteiger charge is -2.09. The summed E-state index contributed by atoms with van der Waals surface area (Å²) in [6.45, 7) is 3.35. The number of hydrogen-bond acceptors (Lipinski definition) is 4. The Morgan fingerprint density at radius 2 is 1.76 bits per heavy atom. The van der Waals surface area contributed by atoms with Crippen LogP contribution in [-0.4, -0.2) is 35.3 Å². The number of halogens is 3. The first-order chi connectivity index (χ1) is 18.2. The maximum Gasteiger partial charge on any atom is 0.416 e. The van der Waals surface area contributed by atoms with E-state index in [2.05, 4.69) is 10.6 Å². The van der Waals surface area contributed by atoms with Crippen LogP contribution >= 0.6 is 11.8 Å². The summed E-state index contributed by atoms with van der Waals surface area (Å²) in [7, 11) is 0. The van der Waals surface area contributed by atoms with Gasteiger partial charge in [0.1, 0.15) is 5.75 Å². The normalized spacial score (nSPS) is 11.4. The largest absolute Gasteiger partial charge is 0.494 e. The Kier molecular flexibility index (Phi) is 8.62. The van der Waals surface area contributed by atoms with Crippen LogP contribution in [0.1, 0.15) is 22.8 Å². The van der Waals surface area contributed by atoms with Crippen LogP contribution in [0.3, 0.4) is 0 Å². The van der Waals surface area contributed by atoms with Gasteiger partial charge in [0.05, 0.1) is 17.9 Å². The standard InChI is InChI=1S/C28H26F3N3O3S/c1-2-37-22-12-10-19(11-13-22)27(36)32-14-15-34-17-25(23-8-3-4-9-24(23)34)38-18-26(35)33-21-7-5-6-20(16-21)28(29,30)31/h3-13,16-17H,2,14-15,18H2,1H3,(H,32,36)(H,33,35). The van der Waals surface area contributed by atoms with Crippen LogP contribution in [0.5, 0.6) is 5.75 Å². The lowest BCUT2D eigenvalue weighted by atomic mass is 10.2. The number of fused-ring (bicyclic) bond motifs is 1. The molecule has 0 radical (unpaired) electrons. The zero-order valence-corrected chi connectivity index (χ0v) is 21.4. The molecule has 0 saturated carbocycles. The second kappa shape index (κ2) is 12.1. The zero-order chi connectivity index (χ0) is 27.1. The number of amides is 2. The monoisotopic (exact) mass is 541 g/mol. The van der Waals surface area contributed by atoms with Crippen LogP contribution in [0.15, 0.2) is 83.9 Å². The minimum Gasteiger partial charge on any atom is -0.494 e. The number of carbonyl (C=O) groups is 2. The summed E-state index contributed by atoms with van der Waals surface area (Å²) in [6.07, 6.45) is -2.57. The predicted octanol–water partition coefficient (Wildman–Crippen LogP) is 6.22. The van der Waals surface area contributed by atoms with E-state index in [4.69, 9.17) is 4.74 Å². The SMILES string of the molecule is CCOc1ccc(C(=O)NCCn2cc(SCC(=O)Nc3cccc(C(F)(F)F)c3)c3ccccc32)cc1. The minimum atomic E-state index is -4.48. The molecule has 0 aliphatic carbocycles. The molecule has 2 amide bonds. The van der Waals surface area contributed by atoms with Crippen molar-refractivity contribution in [2.24, 2.45) is 0 Å². The molecule has 0 saturated heterocycles. The van der Waals surface area contributed by atoms with Gasteiger partial charge >= 0.3 is 6.18 Å². The Bertz CT molecular complexity index is 1420. The first-order valence-electron chi connectivity index (χ1n) is 11.9. The number of benzene rings is 3. The Morgan fingerprint density at radius 3 is 2.50 bits per heavy atom. The maximum atomic E-state index is 12.9. The number of nitrogens with one attached hydrogen (secondary N) is 2. The Labute approximate surface area is 222 Å². The third-order valence-corrected chi connectivity index (χ3v) is 6.69. The second-order valence-electron chi connectivity index (χ2n) is 8.33. The number of thioether (sulfide) groups is 1. The summed E-state index contributed by atoms with van der Waals surface area (Å²) in [5, 5.41) is 6.39. The van der Waals surface area contributed by atoms with Gasteiger partial charge in [0.15, 0.2) is 0 Å². The van der Waals surface area contributed by atoms with E-state index in [9.17, 15) is 22.8 Å². The van der Waals surface area contributed by atoms with Gasteiger partial charge in [0, 0.05) is 46.3 Å². The molecule has 0 aliphatic heterocycles. The summed E-state index contributed by atoms with van der Waals surface area (Å²) in [5.74, 6) is 0.134. The molecule has 10 heteroatoms. The van der Waals surface area contributed by atoms with E-state index >= 15 is 0 Å². The summed E-state index contributed by atoms with van der Waals surface area (Å²) in [6, 6.07) is 19.2. The smallest absolute Gasteiger partial charge is 0.416 e. The Hall–Kier alpha value is -3.92. The molecule has 4 aromatic rings. The third-order valence-electron chi connectivity index (χ3n) is 5.65. The number of nitrogens with zero attached hydrogens (tertiary/aromatic N) is 1. The Morgan fingerprint density at radius 1 is 1.00 bits per heavy atom. The van der Waals surface area contributed by atoms with E-state index in [1.54, 1.807) is 24.3 Å². The third kappa shape index (κ3) is 6.89. The molecule has 6 nitrogen and oxygen atoms in total. The van der Waals surface area contributed by atoms with E-state index < -0.39 is 17.6 Å². The number of rotatable bonds is 10. The molecule has 1 heterocycles. The van der Waals surface area contributed by atoms with E-state index in [-0.39, 0.29) is 17.3 Å². The lowest BCUT2D eigenvalue weighted by Crippen LogP contribution is -2.27. The molecular formula is C28H26F3N3O3S. The first kappa shape index (κ1) is 27.1. The molecule has 0 spiro atoms. The van der Waals surface area contributed by atoms with Gasteiger partial charge in [0.25, 0.3) is 5.91 Å². The second-order valence-corrected chi connectivity index (χ2v) is 9.35. The number of ether oxygens (including phenoxy) is 1. The van der Waals surface area contributed by atoms with Crippen LogP contribution in [0, 0.1) is 0 Å². The maximum absolute atomic E-state index is 12.9. The van der Waals surface area contributed by atoms with Gasteiger partial charge in [-0.25, -0.2) is 0 Å². The van der Waals surface area contributed by atoms with Crippen molar-refractivity contribution in [3.05, 3.63) is 90.1 Å². The van der Waals surface area contributed by atoms with Gasteiger partial charge in [0.2, 0.25) is 5.91 Å². The fourth-order valence-corrected chi connectivity index (χ4v) is 4.78. The molecule has 3 aromatic carbocycles. The van der Waals surface area contributed by atoms with Crippen LogP contribution in [0.2, 0.25) is 0 Å². The van der Waals surface area contributed by atoms with Crippen LogP contribution in [0.25, 0.3) is 10.9 Å². The van der Waals surface area contributed by atoms with Crippen molar-refractivity contribution >= 4 is 40.2 Å². The Balaban J connectivity index is 1.36. The van der Waals surface area contributed by atoms with Crippen molar-refractivity contribution in [3.63, 3.8) is 0 Å². The number of hydrogen-bond donors (Lipinski definition) is 2. The van der Waals surface area contributed by atoms with Gasteiger partial charge in [-0.3, -0.25) is 9.59 Å². The van der Waals surface area contributed by atoms with Crippen LogP contribution in [-0.2, 0) is 17.5 Å². The molecule has 0 fully saturated rings. The number of aromatic nitrogens is 1. The summed E-state index contributed by atoms with van der Waals surface area (Å²) in [4.78, 5) is 25.8. The van der Waals surface area contributed by atoms with Crippen molar-refractivity contribution in [2.75, 3.05) is 24.2 Å². The predicted molar refractivity (Wildman–Crippen MR) is 143 cm³/mol. The van der Waals surface area contributed by atoms with Gasteiger partial charge in [-0.2, -0.15) is 13.2 Å². The quantitative estimate of drug-likeness (QED) is 0.234. The van der Waals surface area contributed by atoms with E-state index in [1.165, 1.54) is 23.9 Å². The average Bonchev–Trinajstić information content (AvgIpc) is 3.25. The molecule has 4 rings (SSSR count). The van der Waals surface area contributed by atoms with Crippen molar-refractivity contribution in [3.8, 4) is 5.75 Å². The summed E-state index contributed by atoms with van der Waals surface area (Å²) in [5.41, 5.74) is 0.759. The molecule has 198 valence electrons. The van der Waals surface area contributed by atoms with Gasteiger partial charge in [-0.1, -0.05) is 24.3 Å². The van der Waals surface area contributed by atoms with E-state index in [0.717, 1.165) is 27.9 Å². The molecule has 2 N–H and O–H groups in total. The van der Waals surface area contributed by atoms with E-state index in [0.29, 0.717) is 31.0 Å². The van der Waals surface area contributed by atoms with Crippen molar-refractivity contribution in [1.29, 1.82) is 0 Å².